The Balaban J connectivity index is 2.07. The molecule has 0 saturated carbocycles. The Morgan fingerprint density at radius 2 is 1.90 bits per heavy atom. The van der Waals surface area contributed by atoms with E-state index in [0.29, 0.717) is 17.8 Å². The molecule has 0 spiro atoms. The molecule has 2 aromatic carbocycles. The first-order valence-electron chi connectivity index (χ1n) is 9.17. The SMILES string of the molecule is CCCc1cc(OS(=O)(=O)c2ccc(Cl)c([N+](=O)[O-])c2)n(-c2ccc(C)cc2C)n1. The van der Waals surface area contributed by atoms with Gasteiger partial charge in [0.25, 0.3) is 5.69 Å². The number of nitro benzene ring substituents is 1. The molecule has 0 aliphatic carbocycles. The highest BCUT2D eigenvalue weighted by atomic mass is 35.5. The lowest BCUT2D eigenvalue weighted by Gasteiger charge is -2.12. The van der Waals surface area contributed by atoms with Crippen molar-refractivity contribution >= 4 is 27.4 Å². The standard InChI is InChI=1S/C20H20ClN3O5S/c1-4-5-15-11-20(23(22-15)18-9-6-13(2)10-14(18)3)29-30(27,28)16-7-8-17(21)19(12-16)24(25)26/h6-12H,4-5H2,1-3H3. The Kier molecular flexibility index (Phi) is 6.14. The Labute approximate surface area is 179 Å². The molecule has 0 N–H and O–H groups in total. The second kappa shape index (κ2) is 8.45. The van der Waals surface area contributed by atoms with Crippen LogP contribution >= 0.6 is 11.6 Å². The summed E-state index contributed by atoms with van der Waals surface area (Å²) in [5.74, 6) is 0.00278. The van der Waals surface area contributed by atoms with Crippen LogP contribution in [0.1, 0.15) is 30.2 Å². The predicted octanol–water partition coefficient (Wildman–Crippen LogP) is 4.77. The Bertz CT molecular complexity index is 1220. The molecule has 1 aromatic heterocycles. The minimum absolute atomic E-state index is 0.00278. The molecule has 158 valence electrons. The lowest BCUT2D eigenvalue weighted by molar-refractivity contribution is -0.384. The van der Waals surface area contributed by atoms with Crippen LogP contribution in [-0.2, 0) is 16.5 Å². The number of nitro groups is 1. The first kappa shape index (κ1) is 21.8. The molecule has 0 aliphatic heterocycles. The van der Waals surface area contributed by atoms with E-state index in [1.54, 1.807) is 6.07 Å². The first-order valence-corrected chi connectivity index (χ1v) is 11.0. The van der Waals surface area contributed by atoms with E-state index >= 15 is 0 Å². The van der Waals surface area contributed by atoms with Gasteiger partial charge in [0.1, 0.15) is 9.92 Å². The molecule has 3 aromatic rings. The van der Waals surface area contributed by atoms with E-state index in [0.717, 1.165) is 35.7 Å². The van der Waals surface area contributed by atoms with Crippen molar-refractivity contribution in [2.45, 2.75) is 38.5 Å². The fourth-order valence-electron chi connectivity index (χ4n) is 3.01. The molecule has 1 heterocycles. The van der Waals surface area contributed by atoms with Crippen molar-refractivity contribution in [3.63, 3.8) is 0 Å². The molecule has 8 nitrogen and oxygen atoms in total. The van der Waals surface area contributed by atoms with Crippen LogP contribution in [0.25, 0.3) is 5.69 Å². The fourth-order valence-corrected chi connectivity index (χ4v) is 4.13. The van der Waals surface area contributed by atoms with E-state index in [4.69, 9.17) is 15.8 Å². The van der Waals surface area contributed by atoms with Gasteiger partial charge in [0.15, 0.2) is 0 Å². The molecule has 0 radical (unpaired) electrons. The number of nitrogens with zero attached hydrogens (tertiary/aromatic N) is 3. The third kappa shape index (κ3) is 4.47. The van der Waals surface area contributed by atoms with E-state index in [1.807, 2.05) is 39.0 Å². The maximum atomic E-state index is 12.8. The summed E-state index contributed by atoms with van der Waals surface area (Å²) in [4.78, 5) is 9.99. The fraction of sp³-hybridized carbons (Fsp3) is 0.250. The quantitative estimate of drug-likeness (QED) is 0.292. The van der Waals surface area contributed by atoms with Crippen molar-refractivity contribution in [2.75, 3.05) is 0 Å². The molecular formula is C20H20ClN3O5S. The molecule has 30 heavy (non-hydrogen) atoms. The highest BCUT2D eigenvalue weighted by Crippen LogP contribution is 2.30. The minimum Gasteiger partial charge on any atom is -0.358 e. The van der Waals surface area contributed by atoms with Crippen molar-refractivity contribution in [3.8, 4) is 11.6 Å². The van der Waals surface area contributed by atoms with Gasteiger partial charge in [0, 0.05) is 12.1 Å². The van der Waals surface area contributed by atoms with Crippen molar-refractivity contribution in [1.29, 1.82) is 0 Å². The molecule has 0 fully saturated rings. The number of aromatic nitrogens is 2. The Morgan fingerprint density at radius 3 is 2.53 bits per heavy atom. The van der Waals surface area contributed by atoms with E-state index < -0.39 is 20.7 Å². The number of aryl methyl sites for hydroxylation is 3. The van der Waals surface area contributed by atoms with Crippen LogP contribution in [0.15, 0.2) is 47.4 Å². The topological polar surface area (TPSA) is 104 Å². The third-order valence-electron chi connectivity index (χ3n) is 4.41. The molecule has 0 bridgehead atoms. The zero-order valence-electron chi connectivity index (χ0n) is 16.6. The number of halogens is 1. The second-order valence-electron chi connectivity index (χ2n) is 6.83. The van der Waals surface area contributed by atoms with Crippen molar-refractivity contribution in [2.24, 2.45) is 0 Å². The van der Waals surface area contributed by atoms with E-state index in [2.05, 4.69) is 5.10 Å². The van der Waals surface area contributed by atoms with E-state index in [9.17, 15) is 18.5 Å². The van der Waals surface area contributed by atoms with Gasteiger partial charge >= 0.3 is 10.1 Å². The highest BCUT2D eigenvalue weighted by molar-refractivity contribution is 7.87. The largest absolute Gasteiger partial charge is 0.358 e. The average molecular weight is 450 g/mol. The normalized spacial score (nSPS) is 11.5. The molecule has 0 saturated heterocycles. The molecule has 3 rings (SSSR count). The zero-order valence-corrected chi connectivity index (χ0v) is 18.2. The predicted molar refractivity (Wildman–Crippen MR) is 113 cm³/mol. The van der Waals surface area contributed by atoms with Crippen LogP contribution in [0.2, 0.25) is 5.02 Å². The molecule has 10 heteroatoms. The van der Waals surface area contributed by atoms with Gasteiger partial charge in [-0.15, -0.1) is 0 Å². The number of benzene rings is 2. The van der Waals surface area contributed by atoms with Gasteiger partial charge < -0.3 is 4.18 Å². The van der Waals surface area contributed by atoms with Gasteiger partial charge in [0.05, 0.1) is 16.3 Å². The van der Waals surface area contributed by atoms with Gasteiger partial charge in [-0.3, -0.25) is 10.1 Å². The number of hydrogen-bond donors (Lipinski definition) is 0. The summed E-state index contributed by atoms with van der Waals surface area (Å²) < 4.78 is 32.5. The van der Waals surface area contributed by atoms with E-state index in [-0.39, 0.29) is 15.8 Å². The van der Waals surface area contributed by atoms with Crippen molar-refractivity contribution in [3.05, 3.63) is 74.4 Å². The highest BCUT2D eigenvalue weighted by Gasteiger charge is 2.25. The summed E-state index contributed by atoms with van der Waals surface area (Å²) in [5, 5.41) is 15.4. The molecule has 0 unspecified atom stereocenters. The smallest absolute Gasteiger partial charge is 0.340 e. The lowest BCUT2D eigenvalue weighted by atomic mass is 10.1. The van der Waals surface area contributed by atoms with Gasteiger partial charge in [-0.05, 0) is 44.0 Å². The van der Waals surface area contributed by atoms with Crippen molar-refractivity contribution < 1.29 is 17.5 Å². The van der Waals surface area contributed by atoms with Gasteiger partial charge in [-0.2, -0.15) is 18.2 Å². The summed E-state index contributed by atoms with van der Waals surface area (Å²) in [7, 11) is -4.36. The van der Waals surface area contributed by atoms with E-state index in [1.165, 1.54) is 4.68 Å². The zero-order chi connectivity index (χ0) is 22.1. The van der Waals surface area contributed by atoms with Crippen LogP contribution in [-0.4, -0.2) is 23.1 Å². The average Bonchev–Trinajstić information content (AvgIpc) is 3.03. The lowest BCUT2D eigenvalue weighted by Crippen LogP contribution is -2.13. The second-order valence-corrected chi connectivity index (χ2v) is 8.79. The summed E-state index contributed by atoms with van der Waals surface area (Å²) >= 11 is 5.78. The van der Waals surface area contributed by atoms with Crippen LogP contribution in [0.5, 0.6) is 5.88 Å². The first-order chi connectivity index (χ1) is 14.1. The van der Waals surface area contributed by atoms with Gasteiger partial charge in [0.2, 0.25) is 5.88 Å². The maximum absolute atomic E-state index is 12.8. The van der Waals surface area contributed by atoms with Gasteiger partial charge in [-0.25, -0.2) is 0 Å². The summed E-state index contributed by atoms with van der Waals surface area (Å²) in [6.07, 6.45) is 1.46. The van der Waals surface area contributed by atoms with Crippen LogP contribution in [0.4, 0.5) is 5.69 Å². The third-order valence-corrected chi connectivity index (χ3v) is 5.95. The summed E-state index contributed by atoms with van der Waals surface area (Å²) in [6, 6.07) is 10.4. The van der Waals surface area contributed by atoms with Crippen LogP contribution in [0, 0.1) is 24.0 Å². The van der Waals surface area contributed by atoms with Gasteiger partial charge in [-0.1, -0.05) is 42.6 Å². The monoisotopic (exact) mass is 449 g/mol. The van der Waals surface area contributed by atoms with Crippen LogP contribution < -0.4 is 4.18 Å². The Hall–Kier alpha value is -2.91. The molecule has 0 aliphatic rings. The summed E-state index contributed by atoms with van der Waals surface area (Å²) in [6.45, 7) is 5.84. The molecular weight excluding hydrogens is 430 g/mol. The maximum Gasteiger partial charge on any atom is 0.340 e. The number of rotatable bonds is 7. The molecule has 0 atom stereocenters. The van der Waals surface area contributed by atoms with Crippen molar-refractivity contribution in [1.82, 2.24) is 9.78 Å². The minimum atomic E-state index is -4.36. The van der Waals surface area contributed by atoms with Crippen LogP contribution in [0.3, 0.4) is 0 Å². The summed E-state index contributed by atoms with van der Waals surface area (Å²) in [5.41, 5.74) is 2.78. The Morgan fingerprint density at radius 1 is 1.17 bits per heavy atom. The number of hydrogen-bond acceptors (Lipinski definition) is 6. The molecule has 0 amide bonds.